The molecule has 1 heterocycles. The zero-order valence-corrected chi connectivity index (χ0v) is 15.5. The van der Waals surface area contributed by atoms with Crippen molar-refractivity contribution in [2.75, 3.05) is 6.61 Å². The molecule has 0 atom stereocenters. The fourth-order valence-electron chi connectivity index (χ4n) is 4.29. The molecule has 2 bridgehead atoms. The van der Waals surface area contributed by atoms with E-state index in [9.17, 15) is 18.8 Å². The lowest BCUT2D eigenvalue weighted by Gasteiger charge is -2.70. The van der Waals surface area contributed by atoms with Crippen LogP contribution in [0.1, 0.15) is 36.2 Å². The lowest BCUT2D eigenvalue weighted by Crippen LogP contribution is -2.75. The van der Waals surface area contributed by atoms with Crippen molar-refractivity contribution in [3.8, 4) is 5.75 Å². The molecule has 0 saturated heterocycles. The highest BCUT2D eigenvalue weighted by Crippen LogP contribution is 2.69. The highest BCUT2D eigenvalue weighted by Gasteiger charge is 2.68. The molecule has 3 fully saturated rings. The first-order valence-electron chi connectivity index (χ1n) is 8.75. The topological polar surface area (TPSA) is 101 Å². The molecule has 5 rings (SSSR count). The molecule has 28 heavy (non-hydrogen) atoms. The number of hydrogen-bond acceptors (Lipinski definition) is 5. The average Bonchev–Trinajstić information content (AvgIpc) is 2.60. The summed E-state index contributed by atoms with van der Waals surface area (Å²) in [6, 6.07) is 3.98. The minimum absolute atomic E-state index is 0.0115. The second-order valence-corrected chi connectivity index (χ2v) is 8.03. The lowest BCUT2D eigenvalue weighted by molar-refractivity contribution is -0.164. The van der Waals surface area contributed by atoms with Gasteiger partial charge in [-0.25, -0.2) is 9.37 Å². The summed E-state index contributed by atoms with van der Waals surface area (Å²) in [5.41, 5.74) is -0.509. The molecule has 7 nitrogen and oxygen atoms in total. The van der Waals surface area contributed by atoms with Crippen LogP contribution in [-0.4, -0.2) is 33.8 Å². The van der Waals surface area contributed by atoms with Crippen LogP contribution in [0.3, 0.4) is 0 Å². The van der Waals surface area contributed by atoms with Gasteiger partial charge in [-0.05, 0) is 36.8 Å². The predicted octanol–water partition coefficient (Wildman–Crippen LogP) is 2.25. The summed E-state index contributed by atoms with van der Waals surface area (Å²) in [5.74, 6) is -0.797. The molecule has 0 aliphatic heterocycles. The number of halogens is 2. The summed E-state index contributed by atoms with van der Waals surface area (Å²) in [7, 11) is 0. The van der Waals surface area contributed by atoms with Crippen molar-refractivity contribution in [2.24, 2.45) is 5.41 Å². The largest absolute Gasteiger partial charge is 0.484 e. The third kappa shape index (κ3) is 3.52. The van der Waals surface area contributed by atoms with E-state index in [1.54, 1.807) is 0 Å². The van der Waals surface area contributed by atoms with Crippen LogP contribution in [0.4, 0.5) is 4.39 Å². The normalized spacial score (nSPS) is 24.6. The Balaban J connectivity index is 1.24. The number of rotatable bonds is 7. The standard InChI is InChI=1S/C19H17ClFN3O4/c20-12-2-1-11(3-13(12)21)28-7-17(27)24-19-8-18(9-19,10-19)4-15(25)14-5-23-16(26)6-22-14/h1-3,5-6H,4,7-10H2,(H,23,26)(H,24,27). The number of H-pyrrole nitrogens is 1. The van der Waals surface area contributed by atoms with Crippen molar-refractivity contribution in [1.82, 2.24) is 15.3 Å². The molecule has 146 valence electrons. The first-order valence-corrected chi connectivity index (χ1v) is 9.13. The summed E-state index contributed by atoms with van der Waals surface area (Å²) in [5, 5.41) is 2.93. The van der Waals surface area contributed by atoms with Gasteiger partial charge in [-0.1, -0.05) is 11.6 Å². The fourth-order valence-corrected chi connectivity index (χ4v) is 4.41. The third-order valence-corrected chi connectivity index (χ3v) is 5.61. The van der Waals surface area contributed by atoms with Gasteiger partial charge in [-0.15, -0.1) is 0 Å². The van der Waals surface area contributed by atoms with Crippen LogP contribution in [0.5, 0.6) is 5.75 Å². The molecule has 9 heteroatoms. The zero-order chi connectivity index (χ0) is 19.9. The van der Waals surface area contributed by atoms with Gasteiger partial charge < -0.3 is 15.0 Å². The maximum Gasteiger partial charge on any atom is 0.266 e. The molecule has 3 aliphatic carbocycles. The van der Waals surface area contributed by atoms with Crippen LogP contribution < -0.4 is 15.6 Å². The van der Waals surface area contributed by atoms with Crippen molar-refractivity contribution < 1.29 is 18.7 Å². The van der Waals surface area contributed by atoms with Crippen LogP contribution in [0, 0.1) is 11.2 Å². The van der Waals surface area contributed by atoms with Gasteiger partial charge in [0.25, 0.3) is 11.5 Å². The first kappa shape index (κ1) is 18.6. The van der Waals surface area contributed by atoms with Crippen LogP contribution >= 0.6 is 11.6 Å². The Hall–Kier alpha value is -2.74. The molecule has 1 amide bonds. The number of ether oxygens (including phenoxy) is 1. The molecule has 1 aromatic heterocycles. The van der Waals surface area contributed by atoms with Gasteiger partial charge >= 0.3 is 0 Å². The molecular weight excluding hydrogens is 389 g/mol. The number of amides is 1. The fraction of sp³-hybridized carbons (Fsp3) is 0.368. The Morgan fingerprint density at radius 1 is 1.32 bits per heavy atom. The molecule has 3 saturated carbocycles. The number of Topliss-reactive ketones (excluding diaryl/α,β-unsaturated/α-hetero) is 1. The maximum atomic E-state index is 13.4. The summed E-state index contributed by atoms with van der Waals surface area (Å²) in [6.45, 7) is -0.226. The second kappa shape index (κ2) is 6.70. The molecule has 0 radical (unpaired) electrons. The molecule has 1 aromatic carbocycles. The van der Waals surface area contributed by atoms with Crippen molar-refractivity contribution in [1.29, 1.82) is 0 Å². The average molecular weight is 406 g/mol. The van der Waals surface area contributed by atoms with Crippen LogP contribution in [0.2, 0.25) is 5.02 Å². The SMILES string of the molecule is O=C(COc1ccc(Cl)c(F)c1)NC12CC(CC(=O)c3c[nH]c(=O)cn3)(C1)C2. The number of aromatic nitrogens is 2. The van der Waals surface area contributed by atoms with E-state index in [1.807, 2.05) is 0 Å². The van der Waals surface area contributed by atoms with Crippen molar-refractivity contribution >= 4 is 23.3 Å². The monoisotopic (exact) mass is 405 g/mol. The van der Waals surface area contributed by atoms with Gasteiger partial charge in [0.15, 0.2) is 12.4 Å². The van der Waals surface area contributed by atoms with Crippen LogP contribution in [0.15, 0.2) is 35.4 Å². The number of nitrogens with one attached hydrogen (secondary N) is 2. The Labute approximate surface area is 164 Å². The minimum atomic E-state index is -0.609. The smallest absolute Gasteiger partial charge is 0.266 e. The Kier molecular flexibility index (Phi) is 4.45. The third-order valence-electron chi connectivity index (χ3n) is 5.30. The first-order chi connectivity index (χ1) is 13.3. The number of benzene rings is 1. The molecule has 0 unspecified atom stereocenters. The van der Waals surface area contributed by atoms with Gasteiger partial charge in [0.2, 0.25) is 0 Å². The Morgan fingerprint density at radius 3 is 2.71 bits per heavy atom. The van der Waals surface area contributed by atoms with Crippen LogP contribution in [0.25, 0.3) is 0 Å². The minimum Gasteiger partial charge on any atom is -0.484 e. The summed E-state index contributed by atoms with van der Waals surface area (Å²) >= 11 is 5.60. The maximum absolute atomic E-state index is 13.4. The second-order valence-electron chi connectivity index (χ2n) is 7.62. The van der Waals surface area contributed by atoms with Crippen molar-refractivity contribution in [3.05, 3.63) is 57.5 Å². The summed E-state index contributed by atoms with van der Waals surface area (Å²) < 4.78 is 18.7. The lowest BCUT2D eigenvalue weighted by atomic mass is 9.38. The van der Waals surface area contributed by atoms with Crippen LogP contribution in [-0.2, 0) is 4.79 Å². The number of carbonyl (C=O) groups is 2. The highest BCUT2D eigenvalue weighted by molar-refractivity contribution is 6.30. The number of nitrogens with zero attached hydrogens (tertiary/aromatic N) is 1. The van der Waals surface area contributed by atoms with E-state index in [0.717, 1.165) is 31.5 Å². The van der Waals surface area contributed by atoms with E-state index in [1.165, 1.54) is 18.3 Å². The zero-order valence-electron chi connectivity index (χ0n) is 14.8. The number of carbonyl (C=O) groups excluding carboxylic acids is 2. The number of ketones is 1. The van der Waals surface area contributed by atoms with Gasteiger partial charge in [0.05, 0.1) is 11.2 Å². The van der Waals surface area contributed by atoms with E-state index < -0.39 is 5.82 Å². The highest BCUT2D eigenvalue weighted by atomic mass is 35.5. The molecular formula is C19H17ClFN3O4. The Morgan fingerprint density at radius 2 is 2.07 bits per heavy atom. The van der Waals surface area contributed by atoms with Gasteiger partial charge in [-0.3, -0.25) is 14.4 Å². The predicted molar refractivity (Wildman–Crippen MR) is 97.9 cm³/mol. The van der Waals surface area contributed by atoms with Crippen molar-refractivity contribution in [3.63, 3.8) is 0 Å². The van der Waals surface area contributed by atoms with E-state index in [2.05, 4.69) is 15.3 Å². The van der Waals surface area contributed by atoms with E-state index >= 15 is 0 Å². The van der Waals surface area contributed by atoms with Crippen molar-refractivity contribution in [2.45, 2.75) is 31.2 Å². The summed E-state index contributed by atoms with van der Waals surface area (Å²) in [6.07, 6.45) is 4.90. The van der Waals surface area contributed by atoms with E-state index in [0.29, 0.717) is 6.42 Å². The molecule has 2 aromatic rings. The van der Waals surface area contributed by atoms with Gasteiger partial charge in [-0.2, -0.15) is 0 Å². The van der Waals surface area contributed by atoms with Gasteiger partial charge in [0, 0.05) is 24.2 Å². The number of aromatic amines is 1. The van der Waals surface area contributed by atoms with Gasteiger partial charge in [0.1, 0.15) is 17.3 Å². The van der Waals surface area contributed by atoms with E-state index in [-0.39, 0.29) is 51.3 Å². The molecule has 3 aliphatic rings. The molecule has 2 N–H and O–H groups in total. The Bertz CT molecular complexity index is 982. The summed E-state index contributed by atoms with van der Waals surface area (Å²) in [4.78, 5) is 41.7. The molecule has 0 spiro atoms. The van der Waals surface area contributed by atoms with E-state index in [4.69, 9.17) is 16.3 Å². The number of hydrogen-bond donors (Lipinski definition) is 2. The quantitative estimate of drug-likeness (QED) is 0.688.